The van der Waals surface area contributed by atoms with E-state index < -0.39 is 0 Å². The molecule has 0 spiro atoms. The van der Waals surface area contributed by atoms with Crippen molar-refractivity contribution in [3.8, 4) is 0 Å². The molecule has 1 aliphatic heterocycles. The van der Waals surface area contributed by atoms with Crippen LogP contribution in [0.25, 0.3) is 0 Å². The summed E-state index contributed by atoms with van der Waals surface area (Å²) in [4.78, 5) is 2.44. The molecule has 0 aliphatic carbocycles. The Bertz CT molecular complexity index is 142. The third-order valence-corrected chi connectivity index (χ3v) is 3.11. The molecule has 1 fully saturated rings. The summed E-state index contributed by atoms with van der Waals surface area (Å²) in [5.41, 5.74) is 0.0143. The molecule has 13 heavy (non-hydrogen) atoms. The number of aliphatic hydroxyl groups excluding tert-OH is 1. The lowest BCUT2D eigenvalue weighted by atomic mass is 9.88. The topological polar surface area (TPSA) is 35.5 Å². The Balaban J connectivity index is 2.42. The van der Waals surface area contributed by atoms with E-state index in [0.717, 1.165) is 39.0 Å². The van der Waals surface area contributed by atoms with Crippen LogP contribution < -0.4 is 5.32 Å². The van der Waals surface area contributed by atoms with Gasteiger partial charge in [0.2, 0.25) is 0 Å². The molecule has 0 bridgehead atoms. The van der Waals surface area contributed by atoms with E-state index in [9.17, 15) is 5.11 Å². The summed E-state index contributed by atoms with van der Waals surface area (Å²) in [7, 11) is 0. The third kappa shape index (κ3) is 2.66. The molecule has 1 aliphatic rings. The first-order valence-electron chi connectivity index (χ1n) is 5.34. The maximum Gasteiger partial charge on any atom is 0.0614 e. The smallest absolute Gasteiger partial charge is 0.0614 e. The highest BCUT2D eigenvalue weighted by Gasteiger charge is 2.32. The van der Waals surface area contributed by atoms with Crippen molar-refractivity contribution >= 4 is 0 Å². The molecule has 0 aromatic rings. The zero-order valence-corrected chi connectivity index (χ0v) is 8.84. The number of likely N-dealkylation sites (tertiary alicyclic amines) is 1. The van der Waals surface area contributed by atoms with Gasteiger partial charge in [0, 0.05) is 5.54 Å². The number of nitrogens with one attached hydrogen (secondary N) is 1. The quantitative estimate of drug-likeness (QED) is 0.669. The highest BCUT2D eigenvalue weighted by molar-refractivity contribution is 4.92. The number of likely N-dealkylation sites (N-methyl/N-ethyl adjacent to an activating group) is 1. The molecule has 0 saturated carbocycles. The SMILES string of the molecule is CCNC1(CO)CCN(CC)CC1. The summed E-state index contributed by atoms with van der Waals surface area (Å²) in [5, 5.41) is 12.8. The molecular weight excluding hydrogens is 164 g/mol. The van der Waals surface area contributed by atoms with Crippen molar-refractivity contribution < 1.29 is 5.11 Å². The van der Waals surface area contributed by atoms with Crippen molar-refractivity contribution in [2.75, 3.05) is 32.8 Å². The van der Waals surface area contributed by atoms with Crippen molar-refractivity contribution in [1.29, 1.82) is 0 Å². The molecule has 0 atom stereocenters. The maximum atomic E-state index is 9.35. The summed E-state index contributed by atoms with van der Waals surface area (Å²) in [6.07, 6.45) is 2.15. The maximum absolute atomic E-state index is 9.35. The second-order valence-corrected chi connectivity index (χ2v) is 3.90. The molecule has 78 valence electrons. The average molecular weight is 186 g/mol. The number of piperidine rings is 1. The first kappa shape index (κ1) is 11.0. The predicted octanol–water partition coefficient (Wildman–Crippen LogP) is 0.443. The minimum atomic E-state index is 0.0143. The lowest BCUT2D eigenvalue weighted by Crippen LogP contribution is -2.55. The van der Waals surface area contributed by atoms with Gasteiger partial charge in [-0.25, -0.2) is 0 Å². The van der Waals surface area contributed by atoms with E-state index in [1.165, 1.54) is 0 Å². The van der Waals surface area contributed by atoms with E-state index in [4.69, 9.17) is 0 Å². The van der Waals surface area contributed by atoms with Crippen LogP contribution in [0.1, 0.15) is 26.7 Å². The molecule has 1 rings (SSSR count). The average Bonchev–Trinajstić information content (AvgIpc) is 2.19. The number of nitrogens with zero attached hydrogens (tertiary/aromatic N) is 1. The van der Waals surface area contributed by atoms with Crippen LogP contribution in [0, 0.1) is 0 Å². The number of aliphatic hydroxyl groups is 1. The number of rotatable bonds is 4. The van der Waals surface area contributed by atoms with Gasteiger partial charge < -0.3 is 15.3 Å². The fourth-order valence-corrected chi connectivity index (χ4v) is 2.06. The third-order valence-electron chi connectivity index (χ3n) is 3.11. The van der Waals surface area contributed by atoms with Gasteiger partial charge in [-0.05, 0) is 39.0 Å². The first-order chi connectivity index (χ1) is 6.26. The molecule has 0 unspecified atom stereocenters. The summed E-state index contributed by atoms with van der Waals surface area (Å²) in [5.74, 6) is 0. The van der Waals surface area contributed by atoms with E-state index in [2.05, 4.69) is 24.1 Å². The van der Waals surface area contributed by atoms with Crippen LogP contribution in [0.2, 0.25) is 0 Å². The summed E-state index contributed by atoms with van der Waals surface area (Å²) >= 11 is 0. The first-order valence-corrected chi connectivity index (χ1v) is 5.34. The lowest BCUT2D eigenvalue weighted by molar-refractivity contribution is 0.0825. The number of hydrogen-bond donors (Lipinski definition) is 2. The van der Waals surface area contributed by atoms with Gasteiger partial charge in [0.1, 0.15) is 0 Å². The van der Waals surface area contributed by atoms with E-state index in [-0.39, 0.29) is 12.1 Å². The molecule has 1 heterocycles. The fourth-order valence-electron chi connectivity index (χ4n) is 2.06. The van der Waals surface area contributed by atoms with Gasteiger partial charge in [-0.1, -0.05) is 13.8 Å². The summed E-state index contributed by atoms with van der Waals surface area (Å²) in [6, 6.07) is 0. The molecule has 0 amide bonds. The van der Waals surface area contributed by atoms with Crippen molar-refractivity contribution in [2.24, 2.45) is 0 Å². The Morgan fingerprint density at radius 2 is 1.92 bits per heavy atom. The Morgan fingerprint density at radius 3 is 2.31 bits per heavy atom. The van der Waals surface area contributed by atoms with Gasteiger partial charge in [0.15, 0.2) is 0 Å². The van der Waals surface area contributed by atoms with Crippen LogP contribution in [0.15, 0.2) is 0 Å². The highest BCUT2D eigenvalue weighted by atomic mass is 16.3. The molecule has 0 aromatic carbocycles. The van der Waals surface area contributed by atoms with Crippen molar-refractivity contribution in [2.45, 2.75) is 32.2 Å². The standard InChI is InChI=1S/C10H22N2O/c1-3-11-10(9-13)5-7-12(4-2)8-6-10/h11,13H,3-9H2,1-2H3. The van der Waals surface area contributed by atoms with E-state index >= 15 is 0 Å². The van der Waals surface area contributed by atoms with Crippen LogP contribution in [0.5, 0.6) is 0 Å². The van der Waals surface area contributed by atoms with Crippen LogP contribution >= 0.6 is 0 Å². The highest BCUT2D eigenvalue weighted by Crippen LogP contribution is 2.21. The summed E-state index contributed by atoms with van der Waals surface area (Å²) < 4.78 is 0. The molecule has 2 N–H and O–H groups in total. The van der Waals surface area contributed by atoms with Crippen LogP contribution in [-0.2, 0) is 0 Å². The molecule has 0 radical (unpaired) electrons. The van der Waals surface area contributed by atoms with E-state index in [1.54, 1.807) is 0 Å². The van der Waals surface area contributed by atoms with Crippen molar-refractivity contribution in [3.05, 3.63) is 0 Å². The van der Waals surface area contributed by atoms with Gasteiger partial charge in [-0.3, -0.25) is 0 Å². The lowest BCUT2D eigenvalue weighted by Gasteiger charge is -2.41. The number of hydrogen-bond acceptors (Lipinski definition) is 3. The van der Waals surface area contributed by atoms with Gasteiger partial charge in [0.05, 0.1) is 6.61 Å². The van der Waals surface area contributed by atoms with Gasteiger partial charge >= 0.3 is 0 Å². The monoisotopic (exact) mass is 186 g/mol. The van der Waals surface area contributed by atoms with E-state index in [0.29, 0.717) is 0 Å². The Labute approximate surface area is 81.1 Å². The molecule has 1 saturated heterocycles. The van der Waals surface area contributed by atoms with Crippen LogP contribution in [0.4, 0.5) is 0 Å². The van der Waals surface area contributed by atoms with Gasteiger partial charge in [0.25, 0.3) is 0 Å². The van der Waals surface area contributed by atoms with Crippen molar-refractivity contribution in [3.63, 3.8) is 0 Å². The van der Waals surface area contributed by atoms with Crippen LogP contribution in [-0.4, -0.2) is 48.3 Å². The second kappa shape index (κ2) is 4.94. The normalized spacial score (nSPS) is 23.3. The summed E-state index contributed by atoms with van der Waals surface area (Å²) in [6.45, 7) is 8.88. The zero-order valence-electron chi connectivity index (χ0n) is 8.84. The Morgan fingerprint density at radius 1 is 1.31 bits per heavy atom. The largest absolute Gasteiger partial charge is 0.394 e. The Hall–Kier alpha value is -0.120. The molecule has 0 aromatic heterocycles. The predicted molar refractivity (Wildman–Crippen MR) is 54.8 cm³/mol. The zero-order chi connectivity index (χ0) is 9.73. The molecule has 3 nitrogen and oxygen atoms in total. The van der Waals surface area contributed by atoms with E-state index in [1.807, 2.05) is 0 Å². The van der Waals surface area contributed by atoms with Gasteiger partial charge in [-0.15, -0.1) is 0 Å². The molecule has 3 heteroatoms. The van der Waals surface area contributed by atoms with Gasteiger partial charge in [-0.2, -0.15) is 0 Å². The minimum absolute atomic E-state index is 0.0143. The van der Waals surface area contributed by atoms with Crippen LogP contribution in [0.3, 0.4) is 0 Å². The minimum Gasteiger partial charge on any atom is -0.394 e. The fraction of sp³-hybridized carbons (Fsp3) is 1.00. The Kier molecular flexibility index (Phi) is 4.16. The second-order valence-electron chi connectivity index (χ2n) is 3.90. The van der Waals surface area contributed by atoms with Crippen molar-refractivity contribution in [1.82, 2.24) is 10.2 Å². The molecular formula is C10H22N2O.